The lowest BCUT2D eigenvalue weighted by atomic mass is 10.2. The predicted molar refractivity (Wildman–Crippen MR) is 78.1 cm³/mol. The Kier molecular flexibility index (Phi) is 4.02. The molecule has 0 aliphatic heterocycles. The molecule has 3 N–H and O–H groups in total. The highest BCUT2D eigenvalue weighted by Gasteiger charge is 2.19. The topological polar surface area (TPSA) is 98.0 Å². The first-order chi connectivity index (χ1) is 9.69. The van der Waals surface area contributed by atoms with Gasteiger partial charge in [0.2, 0.25) is 5.95 Å². The van der Waals surface area contributed by atoms with Gasteiger partial charge in [-0.15, -0.1) is 0 Å². The number of halogens is 2. The molecule has 0 fully saturated rings. The van der Waals surface area contributed by atoms with E-state index in [4.69, 9.17) is 17.3 Å². The van der Waals surface area contributed by atoms with E-state index >= 15 is 0 Å². The van der Waals surface area contributed by atoms with Gasteiger partial charge in [-0.2, -0.15) is 0 Å². The molecule has 1 heterocycles. The summed E-state index contributed by atoms with van der Waals surface area (Å²) >= 11 is 5.74. The minimum Gasteiger partial charge on any atom is -0.396 e. The molecule has 6 nitrogen and oxygen atoms in total. The first kappa shape index (κ1) is 15.5. The molecule has 0 radical (unpaired) electrons. The van der Waals surface area contributed by atoms with Crippen molar-refractivity contribution in [3.63, 3.8) is 0 Å². The number of rotatable bonds is 3. The molecule has 9 heteroatoms. The number of nitrogen functional groups attached to an aromatic ring is 1. The van der Waals surface area contributed by atoms with Gasteiger partial charge in [-0.1, -0.05) is 11.6 Å². The standard InChI is InChI=1S/C12H12ClFN4O2S/c1-6-3-8(5-9(15)11(6)14)21(19,20)18-12-16-7(2)4-10(13)17-12/h3-5H,15H2,1-2H3,(H,16,17,18). The van der Waals surface area contributed by atoms with Crippen molar-refractivity contribution < 1.29 is 12.8 Å². The number of anilines is 2. The van der Waals surface area contributed by atoms with Gasteiger partial charge in [0.25, 0.3) is 10.0 Å². The summed E-state index contributed by atoms with van der Waals surface area (Å²) in [5.41, 5.74) is 5.81. The van der Waals surface area contributed by atoms with Crippen LogP contribution in [0, 0.1) is 19.7 Å². The summed E-state index contributed by atoms with van der Waals surface area (Å²) in [6.07, 6.45) is 0. The van der Waals surface area contributed by atoms with Crippen LogP contribution in [0.2, 0.25) is 5.15 Å². The van der Waals surface area contributed by atoms with E-state index in [2.05, 4.69) is 14.7 Å². The van der Waals surface area contributed by atoms with Crippen LogP contribution in [0.3, 0.4) is 0 Å². The van der Waals surface area contributed by atoms with Crippen molar-refractivity contribution in [1.29, 1.82) is 0 Å². The van der Waals surface area contributed by atoms with Gasteiger partial charge in [-0.25, -0.2) is 27.5 Å². The van der Waals surface area contributed by atoms with E-state index in [1.807, 2.05) is 0 Å². The van der Waals surface area contributed by atoms with Gasteiger partial charge in [-0.3, -0.25) is 0 Å². The number of benzene rings is 1. The molecule has 0 unspecified atom stereocenters. The molecular formula is C12H12ClFN4O2S. The molecule has 1 aromatic carbocycles. The van der Waals surface area contributed by atoms with Crippen LogP contribution in [0.15, 0.2) is 23.1 Å². The van der Waals surface area contributed by atoms with Gasteiger partial charge < -0.3 is 5.73 Å². The first-order valence-corrected chi connectivity index (χ1v) is 7.65. The predicted octanol–water partition coefficient (Wildman–Crippen LogP) is 2.27. The third-order valence-electron chi connectivity index (χ3n) is 2.62. The average Bonchev–Trinajstić information content (AvgIpc) is 2.33. The molecular weight excluding hydrogens is 319 g/mol. The Labute approximate surface area is 126 Å². The molecule has 1 aromatic heterocycles. The smallest absolute Gasteiger partial charge is 0.264 e. The van der Waals surface area contributed by atoms with Crippen molar-refractivity contribution in [3.05, 3.63) is 40.4 Å². The molecule has 0 saturated carbocycles. The maximum atomic E-state index is 13.4. The lowest BCUT2D eigenvalue weighted by Crippen LogP contribution is -2.16. The van der Waals surface area contributed by atoms with Gasteiger partial charge >= 0.3 is 0 Å². The zero-order valence-corrected chi connectivity index (χ0v) is 12.8. The molecule has 0 saturated heterocycles. The monoisotopic (exact) mass is 330 g/mol. The van der Waals surface area contributed by atoms with Crippen LogP contribution in [-0.2, 0) is 10.0 Å². The first-order valence-electron chi connectivity index (χ1n) is 5.78. The summed E-state index contributed by atoms with van der Waals surface area (Å²) in [6, 6.07) is 3.69. The summed E-state index contributed by atoms with van der Waals surface area (Å²) in [6.45, 7) is 3.07. The van der Waals surface area contributed by atoms with Gasteiger partial charge in [-0.05, 0) is 37.6 Å². The summed E-state index contributed by atoms with van der Waals surface area (Å²) in [5, 5.41) is 0.106. The van der Waals surface area contributed by atoms with E-state index in [9.17, 15) is 12.8 Å². The van der Waals surface area contributed by atoms with Crippen molar-refractivity contribution in [3.8, 4) is 0 Å². The van der Waals surface area contributed by atoms with E-state index < -0.39 is 15.8 Å². The Hall–Kier alpha value is -1.93. The van der Waals surface area contributed by atoms with E-state index in [0.717, 1.165) is 6.07 Å². The average molecular weight is 331 g/mol. The Morgan fingerprint density at radius 3 is 2.48 bits per heavy atom. The highest BCUT2D eigenvalue weighted by molar-refractivity contribution is 7.92. The highest BCUT2D eigenvalue weighted by atomic mass is 35.5. The Balaban J connectivity index is 2.43. The van der Waals surface area contributed by atoms with Crippen molar-refractivity contribution in [2.75, 3.05) is 10.5 Å². The molecule has 0 amide bonds. The number of sulfonamides is 1. The van der Waals surface area contributed by atoms with Crippen molar-refractivity contribution >= 4 is 33.3 Å². The Morgan fingerprint density at radius 2 is 1.90 bits per heavy atom. The Bertz CT molecular complexity index is 768. The third kappa shape index (κ3) is 3.40. The van der Waals surface area contributed by atoms with E-state index in [0.29, 0.717) is 5.69 Å². The minimum absolute atomic E-state index is 0.106. The minimum atomic E-state index is -3.99. The number of nitrogens with two attached hydrogens (primary N) is 1. The second-order valence-electron chi connectivity index (χ2n) is 4.40. The van der Waals surface area contributed by atoms with E-state index in [-0.39, 0.29) is 27.2 Å². The largest absolute Gasteiger partial charge is 0.396 e. The van der Waals surface area contributed by atoms with Crippen LogP contribution in [0.1, 0.15) is 11.3 Å². The summed E-state index contributed by atoms with van der Waals surface area (Å²) < 4.78 is 40.1. The fourth-order valence-electron chi connectivity index (χ4n) is 1.67. The summed E-state index contributed by atoms with van der Waals surface area (Å²) in [7, 11) is -3.99. The maximum Gasteiger partial charge on any atom is 0.264 e. The van der Waals surface area contributed by atoms with E-state index in [1.54, 1.807) is 6.92 Å². The molecule has 21 heavy (non-hydrogen) atoms. The molecule has 112 valence electrons. The zero-order chi connectivity index (χ0) is 15.8. The number of aryl methyl sites for hydroxylation is 2. The van der Waals surface area contributed by atoms with Gasteiger partial charge in [0.05, 0.1) is 10.6 Å². The molecule has 0 aliphatic carbocycles. The maximum absolute atomic E-state index is 13.4. The number of nitrogens with zero attached hydrogens (tertiary/aromatic N) is 2. The third-order valence-corrected chi connectivity index (χ3v) is 4.12. The molecule has 2 rings (SSSR count). The normalized spacial score (nSPS) is 11.4. The lowest BCUT2D eigenvalue weighted by molar-refractivity contribution is 0.598. The summed E-state index contributed by atoms with van der Waals surface area (Å²) in [5.74, 6) is -0.815. The fraction of sp³-hybridized carbons (Fsp3) is 0.167. The molecule has 2 aromatic rings. The lowest BCUT2D eigenvalue weighted by Gasteiger charge is -2.09. The highest BCUT2D eigenvalue weighted by Crippen LogP contribution is 2.22. The van der Waals surface area contributed by atoms with Gasteiger partial charge in [0.15, 0.2) is 0 Å². The van der Waals surface area contributed by atoms with E-state index in [1.165, 1.54) is 19.1 Å². The number of nitrogens with one attached hydrogen (secondary N) is 1. The van der Waals surface area contributed by atoms with Gasteiger partial charge in [0, 0.05) is 5.69 Å². The van der Waals surface area contributed by atoms with Crippen LogP contribution >= 0.6 is 11.6 Å². The van der Waals surface area contributed by atoms with Crippen LogP contribution in [0.5, 0.6) is 0 Å². The molecule has 0 atom stereocenters. The number of aromatic nitrogens is 2. The van der Waals surface area contributed by atoms with Gasteiger partial charge in [0.1, 0.15) is 11.0 Å². The van der Waals surface area contributed by atoms with Crippen molar-refractivity contribution in [2.45, 2.75) is 18.7 Å². The Morgan fingerprint density at radius 1 is 1.24 bits per heavy atom. The zero-order valence-electron chi connectivity index (χ0n) is 11.2. The van der Waals surface area contributed by atoms with Crippen molar-refractivity contribution in [1.82, 2.24) is 9.97 Å². The van der Waals surface area contributed by atoms with Crippen molar-refractivity contribution in [2.24, 2.45) is 0 Å². The quantitative estimate of drug-likeness (QED) is 0.664. The number of hydrogen-bond acceptors (Lipinski definition) is 5. The molecule has 0 spiro atoms. The van der Waals surface area contributed by atoms with Crippen LogP contribution < -0.4 is 10.5 Å². The molecule has 0 bridgehead atoms. The van der Waals surface area contributed by atoms with Crippen LogP contribution in [0.25, 0.3) is 0 Å². The molecule has 0 aliphatic rings. The van der Waals surface area contributed by atoms with Crippen LogP contribution in [-0.4, -0.2) is 18.4 Å². The second kappa shape index (κ2) is 5.45. The fourth-order valence-corrected chi connectivity index (χ4v) is 2.97. The van der Waals surface area contributed by atoms with Crippen LogP contribution in [0.4, 0.5) is 16.0 Å². The number of hydrogen-bond donors (Lipinski definition) is 2. The SMILES string of the molecule is Cc1cc(Cl)nc(NS(=O)(=O)c2cc(C)c(F)c(N)c2)n1. The second-order valence-corrected chi connectivity index (χ2v) is 6.47. The summed E-state index contributed by atoms with van der Waals surface area (Å²) in [4.78, 5) is 7.50.